The molecule has 1 aliphatic carbocycles. The van der Waals surface area contributed by atoms with Crippen molar-refractivity contribution in [3.8, 4) is 0 Å². The topological polar surface area (TPSA) is 60.4 Å². The quantitative estimate of drug-likeness (QED) is 0.631. The van der Waals surface area contributed by atoms with Gasteiger partial charge in [0.25, 0.3) is 5.60 Å². The van der Waals surface area contributed by atoms with Crippen LogP contribution in [0, 0.1) is 13.8 Å². The third kappa shape index (κ3) is 2.10. The lowest BCUT2D eigenvalue weighted by molar-refractivity contribution is -0.149. The van der Waals surface area contributed by atoms with Gasteiger partial charge < -0.3 is 4.74 Å². The molecule has 1 aliphatic rings. The number of esters is 1. The molecule has 2 aromatic rings. The van der Waals surface area contributed by atoms with Gasteiger partial charge in [0.1, 0.15) is 0 Å². The average molecular weight is 308 g/mol. The predicted octanol–water partition coefficient (Wildman–Crippen LogP) is 3.14. The van der Waals surface area contributed by atoms with Crippen LogP contribution in [0.5, 0.6) is 0 Å². The normalized spacial score (nSPS) is 15.4. The van der Waals surface area contributed by atoms with E-state index in [4.69, 9.17) is 4.74 Å². The van der Waals surface area contributed by atoms with Crippen molar-refractivity contribution in [3.05, 3.63) is 70.3 Å². The van der Waals surface area contributed by atoms with Crippen LogP contribution in [0.25, 0.3) is 0 Å². The number of carbonyl (C=O) groups excluding carboxylic acids is 3. The van der Waals surface area contributed by atoms with E-state index in [9.17, 15) is 14.4 Å². The third-order valence-electron chi connectivity index (χ3n) is 4.11. The minimum atomic E-state index is -1.91. The van der Waals surface area contributed by atoms with E-state index >= 15 is 0 Å². The van der Waals surface area contributed by atoms with Gasteiger partial charge in [0.15, 0.2) is 0 Å². The first-order valence-electron chi connectivity index (χ1n) is 7.34. The number of rotatable bonds is 2. The van der Waals surface area contributed by atoms with Gasteiger partial charge in [-0.1, -0.05) is 48.0 Å². The van der Waals surface area contributed by atoms with Crippen molar-refractivity contribution in [1.82, 2.24) is 0 Å². The van der Waals surface area contributed by atoms with Crippen LogP contribution in [-0.2, 0) is 15.1 Å². The predicted molar refractivity (Wildman–Crippen MR) is 84.5 cm³/mol. The summed E-state index contributed by atoms with van der Waals surface area (Å²) >= 11 is 0. The van der Waals surface area contributed by atoms with Gasteiger partial charge in [-0.2, -0.15) is 0 Å². The fraction of sp³-hybridized carbons (Fsp3) is 0.211. The fourth-order valence-corrected chi connectivity index (χ4v) is 3.18. The molecule has 0 atom stereocenters. The minimum Gasteiger partial charge on any atom is -0.437 e. The summed E-state index contributed by atoms with van der Waals surface area (Å²) in [6.07, 6.45) is 0. The van der Waals surface area contributed by atoms with E-state index in [1.165, 1.54) is 6.92 Å². The van der Waals surface area contributed by atoms with Crippen LogP contribution in [0.15, 0.2) is 42.5 Å². The van der Waals surface area contributed by atoms with Crippen LogP contribution in [0.2, 0.25) is 0 Å². The number of ether oxygens (including phenoxy) is 1. The molecule has 0 amide bonds. The molecule has 2 aromatic carbocycles. The summed E-state index contributed by atoms with van der Waals surface area (Å²) in [7, 11) is 0. The Morgan fingerprint density at radius 1 is 0.957 bits per heavy atom. The maximum Gasteiger partial charge on any atom is 0.304 e. The average Bonchev–Trinajstić information content (AvgIpc) is 2.70. The summed E-state index contributed by atoms with van der Waals surface area (Å²) in [4.78, 5) is 37.7. The lowest BCUT2D eigenvalue weighted by atomic mass is 9.85. The zero-order chi connectivity index (χ0) is 16.8. The van der Waals surface area contributed by atoms with Crippen molar-refractivity contribution in [1.29, 1.82) is 0 Å². The molecular weight excluding hydrogens is 292 g/mol. The van der Waals surface area contributed by atoms with Gasteiger partial charge in [-0.25, -0.2) is 0 Å². The molecule has 0 saturated heterocycles. The maximum atomic E-state index is 13.0. The summed E-state index contributed by atoms with van der Waals surface area (Å²) in [6.45, 7) is 4.92. The first-order chi connectivity index (χ1) is 10.9. The van der Waals surface area contributed by atoms with Crippen molar-refractivity contribution in [2.75, 3.05) is 0 Å². The summed E-state index contributed by atoms with van der Waals surface area (Å²) in [5.41, 5.74) is 0.829. The Morgan fingerprint density at radius 2 is 1.52 bits per heavy atom. The van der Waals surface area contributed by atoms with Gasteiger partial charge in [-0.3, -0.25) is 14.4 Å². The zero-order valence-electron chi connectivity index (χ0n) is 13.2. The first-order valence-corrected chi connectivity index (χ1v) is 7.34. The van der Waals surface area contributed by atoms with Gasteiger partial charge in [0.05, 0.1) is 0 Å². The summed E-state index contributed by atoms with van der Waals surface area (Å²) in [5, 5.41) is 0. The van der Waals surface area contributed by atoms with Gasteiger partial charge in [0.2, 0.25) is 11.6 Å². The molecule has 3 rings (SSSR count). The number of hydrogen-bond donors (Lipinski definition) is 0. The molecule has 4 nitrogen and oxygen atoms in total. The highest BCUT2D eigenvalue weighted by Crippen LogP contribution is 2.42. The summed E-state index contributed by atoms with van der Waals surface area (Å²) in [5.74, 6) is -1.64. The number of benzene rings is 2. The van der Waals surface area contributed by atoms with E-state index < -0.39 is 23.1 Å². The van der Waals surface area contributed by atoms with Crippen molar-refractivity contribution in [2.45, 2.75) is 26.4 Å². The standard InChI is InChI=1S/C19H16O4/c1-11-8-9-16(12(2)10-11)19(23-13(3)20)17(21)14-6-4-5-7-15(14)18(19)22/h4-10H,1-3H3. The third-order valence-corrected chi connectivity index (χ3v) is 4.11. The number of aryl methyl sites for hydroxylation is 2. The Balaban J connectivity index is 2.30. The van der Waals surface area contributed by atoms with Gasteiger partial charge >= 0.3 is 5.97 Å². The van der Waals surface area contributed by atoms with Crippen LogP contribution < -0.4 is 0 Å². The van der Waals surface area contributed by atoms with E-state index in [-0.39, 0.29) is 0 Å². The Kier molecular flexibility index (Phi) is 3.40. The van der Waals surface area contributed by atoms with Crippen LogP contribution in [0.4, 0.5) is 0 Å². The molecule has 23 heavy (non-hydrogen) atoms. The molecule has 0 fully saturated rings. The van der Waals surface area contributed by atoms with Crippen LogP contribution in [0.1, 0.15) is 44.3 Å². The van der Waals surface area contributed by atoms with Crippen LogP contribution in [0.3, 0.4) is 0 Å². The van der Waals surface area contributed by atoms with Crippen LogP contribution in [-0.4, -0.2) is 17.5 Å². The Labute approximate surface area is 134 Å². The zero-order valence-corrected chi connectivity index (χ0v) is 13.2. The van der Waals surface area contributed by atoms with Crippen molar-refractivity contribution in [3.63, 3.8) is 0 Å². The Hall–Kier alpha value is -2.75. The maximum absolute atomic E-state index is 13.0. The van der Waals surface area contributed by atoms with Crippen molar-refractivity contribution < 1.29 is 19.1 Å². The van der Waals surface area contributed by atoms with Crippen LogP contribution >= 0.6 is 0 Å². The number of Topliss-reactive ketones (excluding diaryl/α,β-unsaturated/α-hetero) is 2. The lowest BCUT2D eigenvalue weighted by Gasteiger charge is -2.27. The SMILES string of the molecule is CC(=O)OC1(c2ccc(C)cc2C)C(=O)c2ccccc2C1=O. The molecule has 0 saturated carbocycles. The molecule has 0 aromatic heterocycles. The number of fused-ring (bicyclic) bond motifs is 1. The Bertz CT molecular complexity index is 813. The molecule has 0 bridgehead atoms. The second-order valence-corrected chi connectivity index (χ2v) is 5.80. The van der Waals surface area contributed by atoms with E-state index in [1.54, 1.807) is 43.3 Å². The molecule has 0 N–H and O–H groups in total. The molecular formula is C19H16O4. The Morgan fingerprint density at radius 3 is 2.00 bits per heavy atom. The molecule has 0 heterocycles. The second kappa shape index (κ2) is 5.16. The second-order valence-electron chi connectivity index (χ2n) is 5.80. The number of hydrogen-bond acceptors (Lipinski definition) is 4. The lowest BCUT2D eigenvalue weighted by Crippen LogP contribution is -2.43. The molecule has 0 spiro atoms. The van der Waals surface area contributed by atoms with E-state index in [0.29, 0.717) is 16.7 Å². The highest BCUT2D eigenvalue weighted by Gasteiger charge is 2.57. The molecule has 4 heteroatoms. The number of ketones is 2. The molecule has 116 valence electrons. The first kappa shape index (κ1) is 15.2. The minimum absolute atomic E-state index is 0.290. The summed E-state index contributed by atoms with van der Waals surface area (Å²) < 4.78 is 5.37. The highest BCUT2D eigenvalue weighted by molar-refractivity contribution is 6.32. The molecule has 0 aliphatic heterocycles. The smallest absolute Gasteiger partial charge is 0.304 e. The van der Waals surface area contributed by atoms with E-state index in [0.717, 1.165) is 11.1 Å². The fourth-order valence-electron chi connectivity index (χ4n) is 3.18. The van der Waals surface area contributed by atoms with Crippen molar-refractivity contribution >= 4 is 17.5 Å². The highest BCUT2D eigenvalue weighted by atomic mass is 16.6. The molecule has 0 unspecified atom stereocenters. The van der Waals surface area contributed by atoms with Crippen molar-refractivity contribution in [2.24, 2.45) is 0 Å². The monoisotopic (exact) mass is 308 g/mol. The van der Waals surface area contributed by atoms with E-state index in [2.05, 4.69) is 0 Å². The van der Waals surface area contributed by atoms with Gasteiger partial charge in [0, 0.05) is 23.6 Å². The summed E-state index contributed by atoms with van der Waals surface area (Å²) in [6, 6.07) is 11.9. The van der Waals surface area contributed by atoms with E-state index in [1.807, 2.05) is 13.0 Å². The largest absolute Gasteiger partial charge is 0.437 e. The number of carbonyl (C=O) groups is 3. The molecule has 0 radical (unpaired) electrons. The van der Waals surface area contributed by atoms with Gasteiger partial charge in [-0.05, 0) is 19.4 Å². The van der Waals surface area contributed by atoms with Gasteiger partial charge in [-0.15, -0.1) is 0 Å².